The van der Waals surface area contributed by atoms with Gasteiger partial charge in [0.25, 0.3) is 5.91 Å². The number of benzene rings is 1. The predicted octanol–water partition coefficient (Wildman–Crippen LogP) is 2.37. The van der Waals surface area contributed by atoms with Crippen LogP contribution in [0.3, 0.4) is 0 Å². The van der Waals surface area contributed by atoms with Crippen LogP contribution < -0.4 is 16.0 Å². The van der Waals surface area contributed by atoms with E-state index in [2.05, 4.69) is 31.1 Å². The Labute approximate surface area is 147 Å². The van der Waals surface area contributed by atoms with Gasteiger partial charge in [0.15, 0.2) is 0 Å². The molecule has 0 bridgehead atoms. The molecule has 0 spiro atoms. The van der Waals surface area contributed by atoms with Crippen molar-refractivity contribution < 1.29 is 4.79 Å². The number of nitrogens with zero attached hydrogens (tertiary/aromatic N) is 3. The van der Waals surface area contributed by atoms with Gasteiger partial charge >= 0.3 is 0 Å². The summed E-state index contributed by atoms with van der Waals surface area (Å²) in [4.78, 5) is 16.1. The SMILES string of the molecule is CCNC(=O)c1ccc(NC2CCC(Nc3nccnn3)C2)cc1C. The molecule has 25 heavy (non-hydrogen) atoms. The predicted molar refractivity (Wildman–Crippen MR) is 97.7 cm³/mol. The highest BCUT2D eigenvalue weighted by Crippen LogP contribution is 2.26. The molecule has 3 N–H and O–H groups in total. The minimum absolute atomic E-state index is 0.0202. The van der Waals surface area contributed by atoms with Crippen LogP contribution in [-0.4, -0.2) is 39.7 Å². The summed E-state index contributed by atoms with van der Waals surface area (Å²) < 4.78 is 0. The van der Waals surface area contributed by atoms with Crippen LogP contribution in [0, 0.1) is 6.92 Å². The topological polar surface area (TPSA) is 91.8 Å². The van der Waals surface area contributed by atoms with Crippen LogP contribution in [0.5, 0.6) is 0 Å². The van der Waals surface area contributed by atoms with Crippen molar-refractivity contribution in [1.29, 1.82) is 0 Å². The van der Waals surface area contributed by atoms with Crippen molar-refractivity contribution in [1.82, 2.24) is 20.5 Å². The normalized spacial score (nSPS) is 19.4. The second-order valence-corrected chi connectivity index (χ2v) is 6.35. The molecule has 7 nitrogen and oxygen atoms in total. The third-order valence-electron chi connectivity index (χ3n) is 4.43. The van der Waals surface area contributed by atoms with E-state index in [0.29, 0.717) is 24.6 Å². The van der Waals surface area contributed by atoms with Gasteiger partial charge in [-0.3, -0.25) is 4.79 Å². The number of carbonyl (C=O) groups excluding carboxylic acids is 1. The molecule has 0 radical (unpaired) electrons. The van der Waals surface area contributed by atoms with Gasteiger partial charge in [0, 0.05) is 29.9 Å². The Bertz CT molecular complexity index is 721. The average Bonchev–Trinajstić information content (AvgIpc) is 3.03. The van der Waals surface area contributed by atoms with Crippen LogP contribution in [0.25, 0.3) is 0 Å². The Morgan fingerprint density at radius 2 is 2.00 bits per heavy atom. The average molecular weight is 340 g/mol. The van der Waals surface area contributed by atoms with E-state index in [1.54, 1.807) is 12.4 Å². The fraction of sp³-hybridized carbons (Fsp3) is 0.444. The van der Waals surface area contributed by atoms with Crippen molar-refractivity contribution in [3.8, 4) is 0 Å². The van der Waals surface area contributed by atoms with Crippen molar-refractivity contribution in [3.63, 3.8) is 0 Å². The lowest BCUT2D eigenvalue weighted by Gasteiger charge is -2.16. The van der Waals surface area contributed by atoms with Gasteiger partial charge in [-0.25, -0.2) is 4.98 Å². The van der Waals surface area contributed by atoms with E-state index in [4.69, 9.17) is 0 Å². The Morgan fingerprint density at radius 3 is 2.68 bits per heavy atom. The van der Waals surface area contributed by atoms with Crippen LogP contribution in [0.1, 0.15) is 42.1 Å². The van der Waals surface area contributed by atoms with Gasteiger partial charge in [-0.05, 0) is 56.9 Å². The monoisotopic (exact) mass is 340 g/mol. The van der Waals surface area contributed by atoms with Gasteiger partial charge < -0.3 is 16.0 Å². The third-order valence-corrected chi connectivity index (χ3v) is 4.43. The number of rotatable bonds is 6. The number of nitrogens with one attached hydrogen (secondary N) is 3. The van der Waals surface area contributed by atoms with Crippen molar-refractivity contribution in [2.75, 3.05) is 17.2 Å². The summed E-state index contributed by atoms with van der Waals surface area (Å²) >= 11 is 0. The van der Waals surface area contributed by atoms with Gasteiger partial charge in [0.2, 0.25) is 5.95 Å². The highest BCUT2D eigenvalue weighted by atomic mass is 16.1. The molecule has 2 aromatic rings. The first kappa shape index (κ1) is 17.1. The van der Waals surface area contributed by atoms with E-state index < -0.39 is 0 Å². The largest absolute Gasteiger partial charge is 0.382 e. The van der Waals surface area contributed by atoms with Gasteiger partial charge in [-0.15, -0.1) is 5.10 Å². The Morgan fingerprint density at radius 1 is 1.20 bits per heavy atom. The molecule has 1 aromatic carbocycles. The molecule has 132 valence electrons. The fourth-order valence-electron chi connectivity index (χ4n) is 3.24. The number of aromatic nitrogens is 3. The highest BCUT2D eigenvalue weighted by molar-refractivity contribution is 5.96. The summed E-state index contributed by atoms with van der Waals surface area (Å²) in [5, 5.41) is 17.5. The lowest BCUT2D eigenvalue weighted by atomic mass is 10.1. The molecule has 1 saturated carbocycles. The lowest BCUT2D eigenvalue weighted by Crippen LogP contribution is -2.24. The van der Waals surface area contributed by atoms with Crippen LogP contribution in [-0.2, 0) is 0 Å². The lowest BCUT2D eigenvalue weighted by molar-refractivity contribution is 0.0955. The molecule has 2 atom stereocenters. The van der Waals surface area contributed by atoms with Crippen LogP contribution in [0.15, 0.2) is 30.6 Å². The summed E-state index contributed by atoms with van der Waals surface area (Å²) in [6.07, 6.45) is 6.34. The summed E-state index contributed by atoms with van der Waals surface area (Å²) in [7, 11) is 0. The van der Waals surface area contributed by atoms with Gasteiger partial charge in [0.05, 0.1) is 12.4 Å². The molecule has 1 aliphatic carbocycles. The molecule has 1 amide bonds. The maximum atomic E-state index is 12.0. The molecule has 1 heterocycles. The Kier molecular flexibility index (Phi) is 5.42. The first-order valence-electron chi connectivity index (χ1n) is 8.71. The molecular weight excluding hydrogens is 316 g/mol. The summed E-state index contributed by atoms with van der Waals surface area (Å²) in [6.45, 7) is 4.52. The Balaban J connectivity index is 1.56. The number of hydrogen-bond acceptors (Lipinski definition) is 6. The van der Waals surface area contributed by atoms with E-state index in [0.717, 1.165) is 36.1 Å². The second kappa shape index (κ2) is 7.92. The van der Waals surface area contributed by atoms with Crippen LogP contribution in [0.4, 0.5) is 11.6 Å². The number of hydrogen-bond donors (Lipinski definition) is 3. The zero-order chi connectivity index (χ0) is 17.6. The van der Waals surface area contributed by atoms with Crippen molar-refractivity contribution in [2.45, 2.75) is 45.2 Å². The van der Waals surface area contributed by atoms with Crippen LogP contribution >= 0.6 is 0 Å². The minimum Gasteiger partial charge on any atom is -0.382 e. The van der Waals surface area contributed by atoms with Crippen molar-refractivity contribution in [3.05, 3.63) is 41.7 Å². The Hall–Kier alpha value is -2.70. The number of anilines is 2. The summed E-state index contributed by atoms with van der Waals surface area (Å²) in [6, 6.07) is 6.64. The van der Waals surface area contributed by atoms with E-state index in [9.17, 15) is 4.79 Å². The molecule has 1 aromatic heterocycles. The maximum Gasteiger partial charge on any atom is 0.251 e. The molecule has 1 fully saturated rings. The highest BCUT2D eigenvalue weighted by Gasteiger charge is 2.25. The third kappa shape index (κ3) is 4.43. The van der Waals surface area contributed by atoms with Crippen molar-refractivity contribution >= 4 is 17.5 Å². The number of aryl methyl sites for hydroxylation is 1. The molecule has 7 heteroatoms. The molecule has 2 unspecified atom stereocenters. The maximum absolute atomic E-state index is 12.0. The molecular formula is C18H24N6O. The molecule has 0 saturated heterocycles. The first-order chi connectivity index (χ1) is 12.2. The minimum atomic E-state index is -0.0202. The van der Waals surface area contributed by atoms with Crippen molar-refractivity contribution in [2.24, 2.45) is 0 Å². The van der Waals surface area contributed by atoms with Gasteiger partial charge in [-0.1, -0.05) is 0 Å². The zero-order valence-corrected chi connectivity index (χ0v) is 14.6. The standard InChI is InChI=1S/C18H24N6O/c1-3-19-17(25)16-7-6-13(10-12(16)2)22-14-4-5-15(11-14)23-18-20-8-9-21-24-18/h6-10,14-15,22H,3-5,11H2,1-2H3,(H,19,25)(H,20,23,24). The molecule has 3 rings (SSSR count). The smallest absolute Gasteiger partial charge is 0.251 e. The van der Waals surface area contributed by atoms with Gasteiger partial charge in [-0.2, -0.15) is 5.10 Å². The van der Waals surface area contributed by atoms with Gasteiger partial charge in [0.1, 0.15) is 0 Å². The second-order valence-electron chi connectivity index (χ2n) is 6.35. The van der Waals surface area contributed by atoms with E-state index in [1.807, 2.05) is 32.0 Å². The van der Waals surface area contributed by atoms with E-state index in [1.165, 1.54) is 0 Å². The van der Waals surface area contributed by atoms with Crippen LogP contribution in [0.2, 0.25) is 0 Å². The molecule has 1 aliphatic rings. The molecule has 0 aliphatic heterocycles. The summed E-state index contributed by atoms with van der Waals surface area (Å²) in [5.74, 6) is 0.559. The first-order valence-corrected chi connectivity index (χ1v) is 8.71. The number of carbonyl (C=O) groups is 1. The van der Waals surface area contributed by atoms with E-state index in [-0.39, 0.29) is 5.91 Å². The summed E-state index contributed by atoms with van der Waals surface area (Å²) in [5.41, 5.74) is 2.76. The quantitative estimate of drug-likeness (QED) is 0.748. The van der Waals surface area contributed by atoms with E-state index >= 15 is 0 Å². The zero-order valence-electron chi connectivity index (χ0n) is 14.6. The number of amides is 1. The fourth-order valence-corrected chi connectivity index (χ4v) is 3.24.